The molecule has 7 heteroatoms. The first-order valence-electron chi connectivity index (χ1n) is 8.35. The van der Waals surface area contributed by atoms with E-state index >= 15 is 0 Å². The molecule has 26 heavy (non-hydrogen) atoms. The van der Waals surface area contributed by atoms with Crippen molar-refractivity contribution in [2.75, 3.05) is 25.9 Å². The maximum atomic E-state index is 13.6. The second kappa shape index (κ2) is 7.17. The lowest BCUT2D eigenvalue weighted by Gasteiger charge is -2.36. The number of benzene rings is 2. The smallest absolute Gasteiger partial charge is 0.254 e. The van der Waals surface area contributed by atoms with Crippen LogP contribution >= 0.6 is 0 Å². The van der Waals surface area contributed by atoms with E-state index in [2.05, 4.69) is 5.32 Å². The lowest BCUT2D eigenvalue weighted by atomic mass is 10.0. The van der Waals surface area contributed by atoms with Gasteiger partial charge in [0.15, 0.2) is 9.84 Å². The van der Waals surface area contributed by atoms with Gasteiger partial charge in [-0.2, -0.15) is 0 Å². The summed E-state index contributed by atoms with van der Waals surface area (Å²) in [4.78, 5) is 14.9. The molecule has 138 valence electrons. The molecule has 1 saturated heterocycles. The summed E-state index contributed by atoms with van der Waals surface area (Å²) in [5.41, 5.74) is 1.63. The molecule has 1 N–H and O–H groups in total. The highest BCUT2D eigenvalue weighted by Gasteiger charge is 2.29. The number of halogens is 1. The molecule has 0 bridgehead atoms. The van der Waals surface area contributed by atoms with E-state index < -0.39 is 9.84 Å². The lowest BCUT2D eigenvalue weighted by molar-refractivity contribution is 0.0633. The van der Waals surface area contributed by atoms with E-state index in [1.54, 1.807) is 36.1 Å². The highest BCUT2D eigenvalue weighted by molar-refractivity contribution is 7.90. The van der Waals surface area contributed by atoms with E-state index in [4.69, 9.17) is 0 Å². The number of hydrogen-bond acceptors (Lipinski definition) is 4. The maximum Gasteiger partial charge on any atom is 0.254 e. The average Bonchev–Trinajstić information content (AvgIpc) is 2.60. The van der Waals surface area contributed by atoms with Crippen molar-refractivity contribution in [3.8, 4) is 0 Å². The van der Waals surface area contributed by atoms with Gasteiger partial charge >= 0.3 is 0 Å². The molecule has 0 saturated carbocycles. The second-order valence-electron chi connectivity index (χ2n) is 6.53. The van der Waals surface area contributed by atoms with Crippen molar-refractivity contribution in [1.29, 1.82) is 0 Å². The van der Waals surface area contributed by atoms with Gasteiger partial charge in [0.05, 0.1) is 10.9 Å². The van der Waals surface area contributed by atoms with Gasteiger partial charge in [-0.1, -0.05) is 18.2 Å². The quantitative estimate of drug-likeness (QED) is 0.893. The standard InChI is InChI=1S/C19H21FN2O3S/c1-13-6-7-15(11-18(13)26(2,24)25)19(23)22-9-8-21-12-17(22)14-4-3-5-16(20)10-14/h3-7,10-11,17,21H,8-9,12H2,1-2H3. The SMILES string of the molecule is Cc1ccc(C(=O)N2CCNCC2c2cccc(F)c2)cc1S(C)(=O)=O. The minimum Gasteiger partial charge on any atom is -0.329 e. The van der Waals surface area contributed by atoms with Gasteiger partial charge in [0.1, 0.15) is 5.82 Å². The van der Waals surface area contributed by atoms with E-state index in [0.29, 0.717) is 36.3 Å². The summed E-state index contributed by atoms with van der Waals surface area (Å²) in [6, 6.07) is 10.6. The Kier molecular flexibility index (Phi) is 5.11. The van der Waals surface area contributed by atoms with Crippen LogP contribution in [-0.2, 0) is 9.84 Å². The van der Waals surface area contributed by atoms with Gasteiger partial charge in [-0.25, -0.2) is 12.8 Å². The van der Waals surface area contributed by atoms with Crippen molar-refractivity contribution in [2.45, 2.75) is 17.9 Å². The van der Waals surface area contributed by atoms with E-state index in [1.165, 1.54) is 18.2 Å². The van der Waals surface area contributed by atoms with Crippen LogP contribution in [0.1, 0.15) is 27.5 Å². The molecule has 0 aromatic heterocycles. The topological polar surface area (TPSA) is 66.5 Å². The zero-order valence-corrected chi connectivity index (χ0v) is 15.5. The van der Waals surface area contributed by atoms with Gasteiger partial charge < -0.3 is 10.2 Å². The average molecular weight is 376 g/mol. The van der Waals surface area contributed by atoms with Crippen LogP contribution in [0.4, 0.5) is 4.39 Å². The molecule has 0 radical (unpaired) electrons. The van der Waals surface area contributed by atoms with Gasteiger partial charge in [-0.3, -0.25) is 4.79 Å². The van der Waals surface area contributed by atoms with Gasteiger partial charge in [0.25, 0.3) is 5.91 Å². The summed E-state index contributed by atoms with van der Waals surface area (Å²) in [6.07, 6.45) is 1.13. The molecule has 2 aromatic rings. The van der Waals surface area contributed by atoms with Gasteiger partial charge in [0, 0.05) is 31.5 Å². The number of hydrogen-bond donors (Lipinski definition) is 1. The Morgan fingerprint density at radius 1 is 1.23 bits per heavy atom. The third-order valence-electron chi connectivity index (χ3n) is 4.57. The summed E-state index contributed by atoms with van der Waals surface area (Å²) < 4.78 is 37.5. The number of rotatable bonds is 3. The number of carbonyl (C=O) groups is 1. The fourth-order valence-electron chi connectivity index (χ4n) is 3.26. The Balaban J connectivity index is 1.97. The third-order valence-corrected chi connectivity index (χ3v) is 5.81. The van der Waals surface area contributed by atoms with Crippen LogP contribution in [-0.4, -0.2) is 45.1 Å². The molecule has 1 atom stereocenters. The summed E-state index contributed by atoms with van der Waals surface area (Å²) in [5, 5.41) is 3.22. The largest absolute Gasteiger partial charge is 0.329 e. The monoisotopic (exact) mass is 376 g/mol. The summed E-state index contributed by atoms with van der Waals surface area (Å²) in [7, 11) is -3.42. The minimum absolute atomic E-state index is 0.154. The number of aryl methyl sites for hydroxylation is 1. The number of nitrogens with one attached hydrogen (secondary N) is 1. The first-order valence-corrected chi connectivity index (χ1v) is 10.2. The highest BCUT2D eigenvalue weighted by Crippen LogP contribution is 2.26. The van der Waals surface area contributed by atoms with Gasteiger partial charge in [-0.05, 0) is 42.3 Å². The highest BCUT2D eigenvalue weighted by atomic mass is 32.2. The van der Waals surface area contributed by atoms with Crippen molar-refractivity contribution in [2.24, 2.45) is 0 Å². The molecular formula is C19H21FN2O3S. The summed E-state index contributed by atoms with van der Waals surface area (Å²) in [5.74, 6) is -0.610. The van der Waals surface area contributed by atoms with Crippen LogP contribution in [0.15, 0.2) is 47.4 Å². The first kappa shape index (κ1) is 18.5. The predicted molar refractivity (Wildman–Crippen MR) is 97.3 cm³/mol. The predicted octanol–water partition coefficient (Wildman–Crippen LogP) is 2.32. The van der Waals surface area contributed by atoms with Crippen LogP contribution in [0.3, 0.4) is 0 Å². The van der Waals surface area contributed by atoms with Crippen molar-refractivity contribution >= 4 is 15.7 Å². The Labute approximate surface area is 152 Å². The van der Waals surface area contributed by atoms with Crippen LogP contribution in [0.2, 0.25) is 0 Å². The lowest BCUT2D eigenvalue weighted by Crippen LogP contribution is -2.48. The Bertz CT molecular complexity index is 944. The summed E-state index contributed by atoms with van der Waals surface area (Å²) >= 11 is 0. The van der Waals surface area contributed by atoms with E-state index in [1.807, 2.05) is 0 Å². The van der Waals surface area contributed by atoms with Crippen LogP contribution in [0.5, 0.6) is 0 Å². The molecule has 2 aromatic carbocycles. The first-order chi connectivity index (χ1) is 12.3. The molecule has 1 aliphatic rings. The molecule has 0 spiro atoms. The Morgan fingerprint density at radius 3 is 2.69 bits per heavy atom. The fourth-order valence-corrected chi connectivity index (χ4v) is 4.25. The Morgan fingerprint density at radius 2 is 2.00 bits per heavy atom. The number of nitrogens with zero attached hydrogens (tertiary/aromatic N) is 1. The molecular weight excluding hydrogens is 355 g/mol. The molecule has 1 unspecified atom stereocenters. The van der Waals surface area contributed by atoms with E-state index in [9.17, 15) is 17.6 Å². The van der Waals surface area contributed by atoms with Crippen molar-refractivity contribution < 1.29 is 17.6 Å². The number of amides is 1. The van der Waals surface area contributed by atoms with E-state index in [0.717, 1.165) is 6.26 Å². The summed E-state index contributed by atoms with van der Waals surface area (Å²) in [6.45, 7) is 3.30. The van der Waals surface area contributed by atoms with Crippen molar-refractivity contribution in [1.82, 2.24) is 10.2 Å². The molecule has 5 nitrogen and oxygen atoms in total. The molecule has 1 heterocycles. The van der Waals surface area contributed by atoms with Crippen molar-refractivity contribution in [3.63, 3.8) is 0 Å². The molecule has 1 aliphatic heterocycles. The molecule has 1 amide bonds. The van der Waals surface area contributed by atoms with Crippen LogP contribution in [0, 0.1) is 12.7 Å². The number of sulfone groups is 1. The van der Waals surface area contributed by atoms with E-state index in [-0.39, 0.29) is 22.7 Å². The third kappa shape index (κ3) is 3.78. The fraction of sp³-hybridized carbons (Fsp3) is 0.316. The molecule has 0 aliphatic carbocycles. The molecule has 1 fully saturated rings. The van der Waals surface area contributed by atoms with Gasteiger partial charge in [0.2, 0.25) is 0 Å². The normalized spacial score (nSPS) is 18.0. The number of piperazine rings is 1. The molecule has 3 rings (SSSR count). The zero-order chi connectivity index (χ0) is 18.9. The van der Waals surface area contributed by atoms with Crippen LogP contribution in [0.25, 0.3) is 0 Å². The zero-order valence-electron chi connectivity index (χ0n) is 14.7. The minimum atomic E-state index is -3.42. The van der Waals surface area contributed by atoms with Gasteiger partial charge in [-0.15, -0.1) is 0 Å². The van der Waals surface area contributed by atoms with Crippen molar-refractivity contribution in [3.05, 3.63) is 65.0 Å². The number of carbonyl (C=O) groups excluding carboxylic acids is 1. The second-order valence-corrected chi connectivity index (χ2v) is 8.51. The maximum absolute atomic E-state index is 13.6. The Hall–Kier alpha value is -2.25. The van der Waals surface area contributed by atoms with Crippen LogP contribution < -0.4 is 5.32 Å².